The molecule has 0 fully saturated rings. The van der Waals surface area contributed by atoms with Crippen molar-refractivity contribution in [3.8, 4) is 6.07 Å². The molecule has 0 aliphatic heterocycles. The molecular formula is C16H16N4O. The van der Waals surface area contributed by atoms with Crippen LogP contribution in [0.25, 0.3) is 0 Å². The van der Waals surface area contributed by atoms with E-state index in [1.54, 1.807) is 24.4 Å². The number of rotatable bonds is 5. The summed E-state index contributed by atoms with van der Waals surface area (Å²) in [6, 6.07) is 12.9. The number of hydrogen-bond donors (Lipinski definition) is 2. The SMILES string of the molecule is CCCC(=O)Nc1ccc(Nc2ccccc2C#N)nc1. The molecule has 0 aliphatic carbocycles. The van der Waals surface area contributed by atoms with Crippen LogP contribution in [0.4, 0.5) is 17.2 Å². The Bertz CT molecular complexity index is 659. The molecule has 0 radical (unpaired) electrons. The molecule has 0 saturated heterocycles. The first-order valence-corrected chi connectivity index (χ1v) is 6.75. The Hall–Kier alpha value is -2.87. The Balaban J connectivity index is 2.06. The molecular weight excluding hydrogens is 264 g/mol. The average molecular weight is 280 g/mol. The van der Waals surface area contributed by atoms with Gasteiger partial charge in [0.1, 0.15) is 11.9 Å². The number of nitrogens with zero attached hydrogens (tertiary/aromatic N) is 2. The number of pyridine rings is 1. The minimum Gasteiger partial charge on any atom is -0.339 e. The summed E-state index contributed by atoms with van der Waals surface area (Å²) >= 11 is 0. The molecule has 0 unspecified atom stereocenters. The number of nitriles is 1. The van der Waals surface area contributed by atoms with Crippen LogP contribution in [0.3, 0.4) is 0 Å². The number of carbonyl (C=O) groups excluding carboxylic acids is 1. The van der Waals surface area contributed by atoms with Crippen LogP contribution in [0, 0.1) is 11.3 Å². The lowest BCUT2D eigenvalue weighted by Crippen LogP contribution is -2.10. The first kappa shape index (κ1) is 14.5. The van der Waals surface area contributed by atoms with Crippen molar-refractivity contribution in [2.45, 2.75) is 19.8 Å². The summed E-state index contributed by atoms with van der Waals surface area (Å²) < 4.78 is 0. The minimum atomic E-state index is -0.0187. The monoisotopic (exact) mass is 280 g/mol. The van der Waals surface area contributed by atoms with E-state index in [0.29, 0.717) is 29.2 Å². The standard InChI is InChI=1S/C16H16N4O/c1-2-5-16(21)19-13-8-9-15(18-11-13)20-14-7-4-3-6-12(14)10-17/h3-4,6-9,11H,2,5H2,1H3,(H,18,20)(H,19,21). The molecule has 5 heteroatoms. The number of benzene rings is 1. The second kappa shape index (κ2) is 7.06. The van der Waals surface area contributed by atoms with Crippen molar-refractivity contribution >= 4 is 23.1 Å². The van der Waals surface area contributed by atoms with Gasteiger partial charge in [0.15, 0.2) is 0 Å². The summed E-state index contributed by atoms with van der Waals surface area (Å²) in [5.74, 6) is 0.598. The summed E-state index contributed by atoms with van der Waals surface area (Å²) in [7, 11) is 0. The number of para-hydroxylation sites is 1. The molecule has 2 aromatic rings. The van der Waals surface area contributed by atoms with Gasteiger partial charge < -0.3 is 10.6 Å². The van der Waals surface area contributed by atoms with Crippen LogP contribution in [0.5, 0.6) is 0 Å². The topological polar surface area (TPSA) is 77.8 Å². The Kier molecular flexibility index (Phi) is 4.89. The van der Waals surface area contributed by atoms with E-state index in [1.807, 2.05) is 25.1 Å². The maximum Gasteiger partial charge on any atom is 0.224 e. The van der Waals surface area contributed by atoms with Crippen molar-refractivity contribution in [2.24, 2.45) is 0 Å². The van der Waals surface area contributed by atoms with Crippen molar-refractivity contribution in [2.75, 3.05) is 10.6 Å². The van der Waals surface area contributed by atoms with E-state index in [0.717, 1.165) is 6.42 Å². The van der Waals surface area contributed by atoms with E-state index in [2.05, 4.69) is 21.7 Å². The van der Waals surface area contributed by atoms with Gasteiger partial charge in [-0.15, -0.1) is 0 Å². The minimum absolute atomic E-state index is 0.0187. The Labute approximate surface area is 123 Å². The predicted molar refractivity (Wildman–Crippen MR) is 82.2 cm³/mol. The van der Waals surface area contributed by atoms with E-state index in [9.17, 15) is 4.79 Å². The molecule has 1 amide bonds. The second-order valence-corrected chi connectivity index (χ2v) is 4.51. The second-order valence-electron chi connectivity index (χ2n) is 4.51. The van der Waals surface area contributed by atoms with Crippen LogP contribution >= 0.6 is 0 Å². The van der Waals surface area contributed by atoms with Gasteiger partial charge in [0.2, 0.25) is 5.91 Å². The molecule has 0 aliphatic rings. The molecule has 0 atom stereocenters. The third-order valence-corrected chi connectivity index (χ3v) is 2.83. The molecule has 5 nitrogen and oxygen atoms in total. The lowest BCUT2D eigenvalue weighted by molar-refractivity contribution is -0.116. The van der Waals surface area contributed by atoms with Gasteiger partial charge in [0, 0.05) is 6.42 Å². The first-order valence-electron chi connectivity index (χ1n) is 6.75. The molecule has 1 aromatic carbocycles. The normalized spacial score (nSPS) is 9.71. The van der Waals surface area contributed by atoms with Gasteiger partial charge in [-0.25, -0.2) is 4.98 Å². The summed E-state index contributed by atoms with van der Waals surface area (Å²) in [5, 5.41) is 14.9. The number of nitrogens with one attached hydrogen (secondary N) is 2. The Morgan fingerprint density at radius 2 is 2.10 bits per heavy atom. The zero-order chi connectivity index (χ0) is 15.1. The van der Waals surface area contributed by atoms with E-state index in [4.69, 9.17) is 5.26 Å². The maximum atomic E-state index is 11.5. The van der Waals surface area contributed by atoms with Crippen molar-refractivity contribution in [3.63, 3.8) is 0 Å². The van der Waals surface area contributed by atoms with E-state index >= 15 is 0 Å². The van der Waals surface area contributed by atoms with Crippen LogP contribution in [0.2, 0.25) is 0 Å². The van der Waals surface area contributed by atoms with Crippen LogP contribution < -0.4 is 10.6 Å². The fourth-order valence-corrected chi connectivity index (χ4v) is 1.82. The summed E-state index contributed by atoms with van der Waals surface area (Å²) in [5.41, 5.74) is 1.92. The quantitative estimate of drug-likeness (QED) is 0.879. The average Bonchev–Trinajstić information content (AvgIpc) is 2.50. The third kappa shape index (κ3) is 4.05. The summed E-state index contributed by atoms with van der Waals surface area (Å²) in [6.07, 6.45) is 2.89. The van der Waals surface area contributed by atoms with Crippen LogP contribution in [0.1, 0.15) is 25.3 Å². The molecule has 0 saturated carbocycles. The summed E-state index contributed by atoms with van der Waals surface area (Å²) in [6.45, 7) is 1.96. The highest BCUT2D eigenvalue weighted by Crippen LogP contribution is 2.19. The van der Waals surface area contributed by atoms with E-state index in [1.165, 1.54) is 0 Å². The van der Waals surface area contributed by atoms with Crippen molar-refractivity contribution in [1.82, 2.24) is 4.98 Å². The van der Waals surface area contributed by atoms with E-state index in [-0.39, 0.29) is 5.91 Å². The van der Waals surface area contributed by atoms with Gasteiger partial charge in [0.05, 0.1) is 23.1 Å². The van der Waals surface area contributed by atoms with Gasteiger partial charge in [-0.3, -0.25) is 4.79 Å². The zero-order valence-electron chi connectivity index (χ0n) is 11.8. The number of carbonyl (C=O) groups is 1. The number of aromatic nitrogens is 1. The molecule has 106 valence electrons. The number of anilines is 3. The molecule has 21 heavy (non-hydrogen) atoms. The van der Waals surface area contributed by atoms with Crippen molar-refractivity contribution in [3.05, 3.63) is 48.2 Å². The van der Waals surface area contributed by atoms with E-state index < -0.39 is 0 Å². The Morgan fingerprint density at radius 1 is 1.29 bits per heavy atom. The van der Waals surface area contributed by atoms with Crippen LogP contribution in [-0.4, -0.2) is 10.9 Å². The number of hydrogen-bond acceptors (Lipinski definition) is 4. The highest BCUT2D eigenvalue weighted by Gasteiger charge is 2.04. The number of amides is 1. The van der Waals surface area contributed by atoms with Gasteiger partial charge in [0.25, 0.3) is 0 Å². The molecule has 2 N–H and O–H groups in total. The molecule has 0 spiro atoms. The van der Waals surface area contributed by atoms with Gasteiger partial charge in [-0.2, -0.15) is 5.26 Å². The Morgan fingerprint density at radius 3 is 2.76 bits per heavy atom. The fraction of sp³-hybridized carbons (Fsp3) is 0.188. The van der Waals surface area contributed by atoms with Crippen LogP contribution in [-0.2, 0) is 4.79 Å². The molecule has 0 bridgehead atoms. The molecule has 2 rings (SSSR count). The predicted octanol–water partition coefficient (Wildman–Crippen LogP) is 3.44. The molecule has 1 heterocycles. The molecule has 1 aromatic heterocycles. The highest BCUT2D eigenvalue weighted by atomic mass is 16.1. The smallest absolute Gasteiger partial charge is 0.224 e. The largest absolute Gasteiger partial charge is 0.339 e. The van der Waals surface area contributed by atoms with Gasteiger partial charge >= 0.3 is 0 Å². The van der Waals surface area contributed by atoms with Gasteiger partial charge in [-0.05, 0) is 30.7 Å². The highest BCUT2D eigenvalue weighted by molar-refractivity contribution is 5.90. The lowest BCUT2D eigenvalue weighted by Gasteiger charge is -2.08. The lowest BCUT2D eigenvalue weighted by atomic mass is 10.2. The maximum absolute atomic E-state index is 11.5. The third-order valence-electron chi connectivity index (χ3n) is 2.83. The van der Waals surface area contributed by atoms with Crippen molar-refractivity contribution < 1.29 is 4.79 Å². The fourth-order valence-electron chi connectivity index (χ4n) is 1.82. The zero-order valence-corrected chi connectivity index (χ0v) is 11.8. The van der Waals surface area contributed by atoms with Crippen LogP contribution in [0.15, 0.2) is 42.6 Å². The van der Waals surface area contributed by atoms with Gasteiger partial charge in [-0.1, -0.05) is 19.1 Å². The first-order chi connectivity index (χ1) is 10.2. The van der Waals surface area contributed by atoms with Crippen molar-refractivity contribution in [1.29, 1.82) is 5.26 Å². The summed E-state index contributed by atoms with van der Waals surface area (Å²) in [4.78, 5) is 15.7.